The van der Waals surface area contributed by atoms with Crippen LogP contribution in [0.4, 0.5) is 10.8 Å². The second-order valence-corrected chi connectivity index (χ2v) is 12.2. The van der Waals surface area contributed by atoms with Gasteiger partial charge in [-0.1, -0.05) is 23.2 Å². The van der Waals surface area contributed by atoms with Crippen LogP contribution in [0.25, 0.3) is 0 Å². The zero-order valence-corrected chi connectivity index (χ0v) is 21.9. The Morgan fingerprint density at radius 1 is 1.03 bits per heavy atom. The molecule has 2 saturated heterocycles. The number of piperidine rings is 1. The molecule has 2 atom stereocenters. The van der Waals surface area contributed by atoms with Gasteiger partial charge in [0.25, 0.3) is 10.0 Å². The summed E-state index contributed by atoms with van der Waals surface area (Å²) in [4.78, 5) is 21.5. The Bertz CT molecular complexity index is 1300. The summed E-state index contributed by atoms with van der Waals surface area (Å²) in [7, 11) is -3.74. The third-order valence-corrected chi connectivity index (χ3v) is 9.15. The first-order valence-electron chi connectivity index (χ1n) is 11.3. The van der Waals surface area contributed by atoms with E-state index in [4.69, 9.17) is 23.2 Å². The van der Waals surface area contributed by atoms with Gasteiger partial charge in [0.05, 0.1) is 10.9 Å². The van der Waals surface area contributed by atoms with Crippen molar-refractivity contribution in [2.75, 3.05) is 29.3 Å². The van der Waals surface area contributed by atoms with Crippen molar-refractivity contribution in [3.63, 3.8) is 0 Å². The average Bonchev–Trinajstić information content (AvgIpc) is 3.48. The summed E-state index contributed by atoms with van der Waals surface area (Å²) in [5, 5.41) is 3.26. The zero-order valence-electron chi connectivity index (χ0n) is 18.7. The van der Waals surface area contributed by atoms with Crippen molar-refractivity contribution < 1.29 is 13.2 Å². The summed E-state index contributed by atoms with van der Waals surface area (Å²) >= 11 is 13.6. The van der Waals surface area contributed by atoms with Gasteiger partial charge in [0, 0.05) is 40.4 Å². The number of rotatable bonds is 6. The first-order chi connectivity index (χ1) is 16.8. The minimum atomic E-state index is -3.74. The predicted molar refractivity (Wildman–Crippen MR) is 140 cm³/mol. The van der Waals surface area contributed by atoms with Gasteiger partial charge in [-0.2, -0.15) is 0 Å². The summed E-state index contributed by atoms with van der Waals surface area (Å²) in [5.41, 5.74) is 1.80. The van der Waals surface area contributed by atoms with E-state index in [0.717, 1.165) is 37.9 Å². The molecule has 0 saturated carbocycles. The number of amides is 1. The van der Waals surface area contributed by atoms with Crippen molar-refractivity contribution in [2.45, 2.75) is 36.1 Å². The molecule has 2 aliphatic rings. The topological polar surface area (TPSA) is 82.6 Å². The minimum Gasteiger partial charge on any atom is -0.311 e. The molecule has 3 heterocycles. The monoisotopic (exact) mass is 550 g/mol. The molecular weight excluding hydrogens is 527 g/mol. The van der Waals surface area contributed by atoms with Crippen molar-refractivity contribution in [2.24, 2.45) is 0 Å². The van der Waals surface area contributed by atoms with Gasteiger partial charge in [0.15, 0.2) is 5.13 Å². The normalized spacial score (nSPS) is 21.4. The highest BCUT2D eigenvalue weighted by Crippen LogP contribution is 2.34. The van der Waals surface area contributed by atoms with E-state index < -0.39 is 10.0 Å². The van der Waals surface area contributed by atoms with E-state index in [0.29, 0.717) is 27.4 Å². The fourth-order valence-electron chi connectivity index (χ4n) is 4.89. The van der Waals surface area contributed by atoms with Crippen LogP contribution in [0.15, 0.2) is 58.9 Å². The number of anilines is 2. The van der Waals surface area contributed by atoms with E-state index in [1.54, 1.807) is 28.5 Å². The maximum absolute atomic E-state index is 13.4. The van der Waals surface area contributed by atoms with Crippen molar-refractivity contribution in [3.8, 4) is 0 Å². The molecular formula is C24H24Cl2N4O3S2. The van der Waals surface area contributed by atoms with E-state index in [1.807, 2.05) is 12.1 Å². The van der Waals surface area contributed by atoms with Crippen molar-refractivity contribution >= 4 is 61.3 Å². The number of thiazole rings is 1. The molecule has 35 heavy (non-hydrogen) atoms. The molecule has 0 aliphatic carbocycles. The van der Waals surface area contributed by atoms with Gasteiger partial charge in [0.1, 0.15) is 0 Å². The number of hydrogen-bond acceptors (Lipinski definition) is 6. The number of hydrogen-bond donors (Lipinski definition) is 1. The van der Waals surface area contributed by atoms with Crippen LogP contribution in [0.2, 0.25) is 10.0 Å². The van der Waals surface area contributed by atoms with Gasteiger partial charge in [0.2, 0.25) is 5.91 Å². The van der Waals surface area contributed by atoms with Crippen LogP contribution in [0.3, 0.4) is 0 Å². The molecule has 1 N–H and O–H groups in total. The average molecular weight is 552 g/mol. The van der Waals surface area contributed by atoms with E-state index in [2.05, 4.69) is 14.6 Å². The number of likely N-dealkylation sites (tertiary alicyclic amines) is 1. The Hall–Kier alpha value is -2.17. The van der Waals surface area contributed by atoms with Crippen LogP contribution in [0.5, 0.6) is 0 Å². The molecule has 1 unspecified atom stereocenters. The fourth-order valence-corrected chi connectivity index (χ4v) is 7.22. The van der Waals surface area contributed by atoms with E-state index >= 15 is 0 Å². The van der Waals surface area contributed by atoms with E-state index in [9.17, 15) is 13.2 Å². The first kappa shape index (κ1) is 24.5. The van der Waals surface area contributed by atoms with Gasteiger partial charge >= 0.3 is 0 Å². The Balaban J connectivity index is 1.27. The number of carbonyl (C=O) groups excluding carboxylic acids is 1. The molecule has 2 aliphatic heterocycles. The van der Waals surface area contributed by atoms with Crippen molar-refractivity contribution in [3.05, 3.63) is 69.7 Å². The van der Waals surface area contributed by atoms with Crippen LogP contribution in [-0.4, -0.2) is 49.9 Å². The van der Waals surface area contributed by atoms with Crippen LogP contribution < -0.4 is 9.62 Å². The zero-order chi connectivity index (χ0) is 24.6. The predicted octanol–water partition coefficient (Wildman–Crippen LogP) is 5.24. The Labute approximate surface area is 218 Å². The Morgan fingerprint density at radius 3 is 2.46 bits per heavy atom. The third kappa shape index (κ3) is 5.34. The lowest BCUT2D eigenvalue weighted by molar-refractivity contribution is -0.122. The molecule has 0 bridgehead atoms. The lowest BCUT2D eigenvalue weighted by Gasteiger charge is -2.36. The highest BCUT2D eigenvalue weighted by Gasteiger charge is 2.38. The van der Waals surface area contributed by atoms with Crippen molar-refractivity contribution in [1.82, 2.24) is 9.88 Å². The second kappa shape index (κ2) is 10.1. The number of benzene rings is 2. The second-order valence-electron chi connectivity index (χ2n) is 8.77. The Morgan fingerprint density at radius 2 is 1.77 bits per heavy atom. The largest absolute Gasteiger partial charge is 0.311 e. The van der Waals surface area contributed by atoms with Gasteiger partial charge in [-0.3, -0.25) is 14.4 Å². The lowest BCUT2D eigenvalue weighted by Crippen LogP contribution is -2.46. The third-order valence-electron chi connectivity index (χ3n) is 6.54. The van der Waals surface area contributed by atoms with Crippen LogP contribution in [0.1, 0.15) is 30.7 Å². The van der Waals surface area contributed by atoms with Gasteiger partial charge in [-0.25, -0.2) is 13.4 Å². The molecule has 2 fully saturated rings. The SMILES string of the molecule is O=C1[C@@H](N2CCCC(c3cc(Cl)cc(Cl)c3)C2)CCN1c1ccc(S(=O)(=O)Nc2nccs2)cc1. The molecule has 2 aromatic carbocycles. The van der Waals surface area contributed by atoms with Crippen LogP contribution >= 0.6 is 34.5 Å². The first-order valence-corrected chi connectivity index (χ1v) is 14.5. The molecule has 3 aromatic rings. The summed E-state index contributed by atoms with van der Waals surface area (Å²) in [5.74, 6) is 0.322. The molecule has 5 rings (SSSR count). The smallest absolute Gasteiger partial charge is 0.263 e. The summed E-state index contributed by atoms with van der Waals surface area (Å²) in [6.07, 6.45) is 4.29. The van der Waals surface area contributed by atoms with E-state index in [1.165, 1.54) is 29.7 Å². The minimum absolute atomic E-state index is 0.0475. The van der Waals surface area contributed by atoms with Crippen molar-refractivity contribution in [1.29, 1.82) is 0 Å². The molecule has 7 nitrogen and oxygen atoms in total. The molecule has 1 aromatic heterocycles. The molecule has 11 heteroatoms. The summed E-state index contributed by atoms with van der Waals surface area (Å²) < 4.78 is 27.7. The number of nitrogens with one attached hydrogen (secondary N) is 1. The highest BCUT2D eigenvalue weighted by atomic mass is 35.5. The molecule has 0 radical (unpaired) electrons. The number of carbonyl (C=O) groups is 1. The number of aromatic nitrogens is 1. The van der Waals surface area contributed by atoms with Crippen LogP contribution in [0, 0.1) is 0 Å². The summed E-state index contributed by atoms with van der Waals surface area (Å²) in [6, 6.07) is 11.9. The highest BCUT2D eigenvalue weighted by molar-refractivity contribution is 7.93. The summed E-state index contributed by atoms with van der Waals surface area (Å²) in [6.45, 7) is 2.24. The molecule has 0 spiro atoms. The maximum atomic E-state index is 13.4. The standard InChI is InChI=1S/C24H24Cl2N4O3S2/c25-18-12-17(13-19(26)14-18)16-2-1-9-29(15-16)22-7-10-30(23(22)31)20-3-5-21(6-4-20)35(32,33)28-24-27-8-11-34-24/h3-6,8,11-14,16,22H,1-2,7,9-10,15H2,(H,27,28)/t16?,22-/m0/s1. The lowest BCUT2D eigenvalue weighted by atomic mass is 9.89. The van der Waals surface area contributed by atoms with Gasteiger partial charge in [-0.05, 0) is 79.8 Å². The Kier molecular flexibility index (Phi) is 7.05. The van der Waals surface area contributed by atoms with Crippen LogP contribution in [-0.2, 0) is 14.8 Å². The number of sulfonamides is 1. The molecule has 1 amide bonds. The quantitative estimate of drug-likeness (QED) is 0.454. The fraction of sp³-hybridized carbons (Fsp3) is 0.333. The van der Waals surface area contributed by atoms with Gasteiger partial charge in [-0.15, -0.1) is 11.3 Å². The molecule has 184 valence electrons. The van der Waals surface area contributed by atoms with E-state index in [-0.39, 0.29) is 22.8 Å². The van der Waals surface area contributed by atoms with Gasteiger partial charge < -0.3 is 4.90 Å². The number of nitrogens with zero attached hydrogens (tertiary/aromatic N) is 3. The number of halogens is 2. The maximum Gasteiger partial charge on any atom is 0.263 e.